The molecule has 0 aliphatic carbocycles. The molecule has 0 saturated carbocycles. The van der Waals surface area contributed by atoms with Gasteiger partial charge in [-0.05, 0) is 19.8 Å². The second-order valence-corrected chi connectivity index (χ2v) is 3.36. The molecule has 1 fully saturated rings. The molecule has 1 aliphatic heterocycles. The zero-order valence-corrected chi connectivity index (χ0v) is 7.92. The first kappa shape index (κ1) is 9.30. The Morgan fingerprint density at radius 3 is 2.92 bits per heavy atom. The molecule has 12 heavy (non-hydrogen) atoms. The van der Waals surface area contributed by atoms with Gasteiger partial charge in [0.2, 0.25) is 5.91 Å². The number of rotatable bonds is 3. The summed E-state index contributed by atoms with van der Waals surface area (Å²) in [5.74, 6) is 0.273. The van der Waals surface area contributed by atoms with Crippen LogP contribution < -0.4 is 0 Å². The van der Waals surface area contributed by atoms with E-state index in [2.05, 4.69) is 19.9 Å². The molecule has 0 aromatic carbocycles. The molecule has 0 aromatic heterocycles. The van der Waals surface area contributed by atoms with E-state index in [0.717, 1.165) is 25.7 Å². The number of amides is 1. The normalized spacial score (nSPS) is 24.3. The van der Waals surface area contributed by atoms with E-state index in [0.29, 0.717) is 6.04 Å². The van der Waals surface area contributed by atoms with Gasteiger partial charge in [-0.15, -0.1) is 0 Å². The Morgan fingerprint density at radius 2 is 2.42 bits per heavy atom. The highest BCUT2D eigenvalue weighted by molar-refractivity contribution is 5.79. The van der Waals surface area contributed by atoms with Gasteiger partial charge >= 0.3 is 0 Å². The summed E-state index contributed by atoms with van der Waals surface area (Å²) in [6.45, 7) is 4.24. The maximum Gasteiger partial charge on any atom is 0.226 e. The van der Waals surface area contributed by atoms with E-state index in [1.807, 2.05) is 11.1 Å². The monoisotopic (exact) mass is 167 g/mol. The Morgan fingerprint density at radius 1 is 1.67 bits per heavy atom. The molecule has 68 valence electrons. The van der Waals surface area contributed by atoms with Crippen molar-refractivity contribution >= 4 is 5.91 Å². The number of nitrogens with zero attached hydrogens (tertiary/aromatic N) is 1. The summed E-state index contributed by atoms with van der Waals surface area (Å²) in [5.41, 5.74) is 0. The van der Waals surface area contributed by atoms with E-state index in [1.54, 1.807) is 0 Å². The third kappa shape index (κ3) is 2.10. The predicted octanol–water partition coefficient (Wildman–Crippen LogP) is 2.31. The highest BCUT2D eigenvalue weighted by Crippen LogP contribution is 2.18. The van der Waals surface area contributed by atoms with Gasteiger partial charge in [-0.1, -0.05) is 19.4 Å². The summed E-state index contributed by atoms with van der Waals surface area (Å²) in [6.07, 6.45) is 7.97. The maximum atomic E-state index is 11.3. The molecule has 0 aromatic rings. The lowest BCUT2D eigenvalue weighted by molar-refractivity contribution is -0.126. The van der Waals surface area contributed by atoms with Crippen molar-refractivity contribution in [2.24, 2.45) is 0 Å². The first-order chi connectivity index (χ1) is 5.75. The van der Waals surface area contributed by atoms with E-state index in [-0.39, 0.29) is 5.91 Å². The first-order valence-electron chi connectivity index (χ1n) is 4.73. The standard InChI is InChI=1S/C10H17NO/c1-3-4-5-8-11-9(2)6-7-10(11)12/h5,8-9H,3-4,6-7H2,1-2H3. The van der Waals surface area contributed by atoms with Gasteiger partial charge in [-0.3, -0.25) is 4.79 Å². The van der Waals surface area contributed by atoms with Crippen LogP contribution in [-0.4, -0.2) is 16.8 Å². The van der Waals surface area contributed by atoms with Crippen LogP contribution in [0.2, 0.25) is 0 Å². The van der Waals surface area contributed by atoms with Crippen LogP contribution in [0.3, 0.4) is 0 Å². The zero-order valence-electron chi connectivity index (χ0n) is 7.92. The van der Waals surface area contributed by atoms with E-state index >= 15 is 0 Å². The molecule has 1 rings (SSSR count). The minimum Gasteiger partial charge on any atom is -0.317 e. The lowest BCUT2D eigenvalue weighted by Gasteiger charge is -2.15. The van der Waals surface area contributed by atoms with Gasteiger partial charge in [0, 0.05) is 18.7 Å². The molecule has 0 N–H and O–H groups in total. The molecule has 2 heteroatoms. The zero-order chi connectivity index (χ0) is 8.97. The number of unbranched alkanes of at least 4 members (excludes halogenated alkanes) is 1. The fourth-order valence-corrected chi connectivity index (χ4v) is 1.43. The van der Waals surface area contributed by atoms with E-state index in [4.69, 9.17) is 0 Å². The van der Waals surface area contributed by atoms with Gasteiger partial charge in [0.1, 0.15) is 0 Å². The van der Waals surface area contributed by atoms with E-state index in [9.17, 15) is 4.79 Å². The van der Waals surface area contributed by atoms with Crippen molar-refractivity contribution in [3.05, 3.63) is 12.3 Å². The molecule has 2 nitrogen and oxygen atoms in total. The fourth-order valence-electron chi connectivity index (χ4n) is 1.43. The second-order valence-electron chi connectivity index (χ2n) is 3.36. The minimum absolute atomic E-state index is 0.273. The molecule has 1 atom stereocenters. The summed E-state index contributed by atoms with van der Waals surface area (Å²) in [6, 6.07) is 0.408. The molecule has 1 aliphatic rings. The summed E-state index contributed by atoms with van der Waals surface area (Å²) < 4.78 is 0. The maximum absolute atomic E-state index is 11.3. The van der Waals surface area contributed by atoms with Crippen LogP contribution in [0.25, 0.3) is 0 Å². The third-order valence-corrected chi connectivity index (χ3v) is 2.26. The van der Waals surface area contributed by atoms with Gasteiger partial charge in [0.15, 0.2) is 0 Å². The Kier molecular flexibility index (Phi) is 3.32. The topological polar surface area (TPSA) is 20.3 Å². The highest BCUT2D eigenvalue weighted by atomic mass is 16.2. The molecule has 1 unspecified atom stereocenters. The SMILES string of the molecule is CCCC=CN1C(=O)CCC1C. The average molecular weight is 167 g/mol. The van der Waals surface area contributed by atoms with Crippen molar-refractivity contribution in [3.8, 4) is 0 Å². The number of carbonyl (C=O) groups excluding carboxylic acids is 1. The number of hydrogen-bond acceptors (Lipinski definition) is 1. The quantitative estimate of drug-likeness (QED) is 0.631. The number of allylic oxidation sites excluding steroid dienone is 1. The van der Waals surface area contributed by atoms with Crippen LogP contribution in [0.1, 0.15) is 39.5 Å². The van der Waals surface area contributed by atoms with E-state index < -0.39 is 0 Å². The van der Waals surface area contributed by atoms with Crippen molar-refractivity contribution in [3.63, 3.8) is 0 Å². The van der Waals surface area contributed by atoms with Crippen molar-refractivity contribution < 1.29 is 4.79 Å². The smallest absolute Gasteiger partial charge is 0.226 e. The van der Waals surface area contributed by atoms with Gasteiger partial charge in [-0.2, -0.15) is 0 Å². The summed E-state index contributed by atoms with van der Waals surface area (Å²) in [5, 5.41) is 0. The molecular weight excluding hydrogens is 150 g/mol. The van der Waals surface area contributed by atoms with Crippen LogP contribution in [0.5, 0.6) is 0 Å². The van der Waals surface area contributed by atoms with Crippen LogP contribution in [0, 0.1) is 0 Å². The third-order valence-electron chi connectivity index (χ3n) is 2.26. The highest BCUT2D eigenvalue weighted by Gasteiger charge is 2.24. The molecule has 0 radical (unpaired) electrons. The van der Waals surface area contributed by atoms with Gasteiger partial charge in [-0.25, -0.2) is 0 Å². The van der Waals surface area contributed by atoms with Crippen molar-refractivity contribution in [2.75, 3.05) is 0 Å². The lowest BCUT2D eigenvalue weighted by Crippen LogP contribution is -2.24. The van der Waals surface area contributed by atoms with Crippen LogP contribution in [0.4, 0.5) is 0 Å². The summed E-state index contributed by atoms with van der Waals surface area (Å²) >= 11 is 0. The van der Waals surface area contributed by atoms with E-state index in [1.165, 1.54) is 0 Å². The van der Waals surface area contributed by atoms with Crippen LogP contribution in [-0.2, 0) is 4.79 Å². The van der Waals surface area contributed by atoms with Crippen LogP contribution in [0.15, 0.2) is 12.3 Å². The largest absolute Gasteiger partial charge is 0.317 e. The number of carbonyl (C=O) groups is 1. The van der Waals surface area contributed by atoms with Crippen LogP contribution >= 0.6 is 0 Å². The first-order valence-corrected chi connectivity index (χ1v) is 4.73. The average Bonchev–Trinajstić information content (AvgIpc) is 2.35. The predicted molar refractivity (Wildman–Crippen MR) is 49.6 cm³/mol. The fraction of sp³-hybridized carbons (Fsp3) is 0.700. The Hall–Kier alpha value is -0.790. The molecular formula is C10H17NO. The van der Waals surface area contributed by atoms with Gasteiger partial charge in [0.05, 0.1) is 0 Å². The second kappa shape index (κ2) is 4.29. The van der Waals surface area contributed by atoms with Gasteiger partial charge in [0.25, 0.3) is 0 Å². The molecule has 1 amide bonds. The molecule has 1 saturated heterocycles. The Balaban J connectivity index is 2.44. The summed E-state index contributed by atoms with van der Waals surface area (Å²) in [4.78, 5) is 13.1. The number of likely N-dealkylation sites (tertiary alicyclic amines) is 1. The molecule has 0 spiro atoms. The Labute approximate surface area is 74.2 Å². The van der Waals surface area contributed by atoms with Crippen molar-refractivity contribution in [1.82, 2.24) is 4.90 Å². The number of hydrogen-bond donors (Lipinski definition) is 0. The van der Waals surface area contributed by atoms with Crippen molar-refractivity contribution in [1.29, 1.82) is 0 Å². The summed E-state index contributed by atoms with van der Waals surface area (Å²) in [7, 11) is 0. The minimum atomic E-state index is 0.273. The van der Waals surface area contributed by atoms with Crippen molar-refractivity contribution in [2.45, 2.75) is 45.6 Å². The molecule has 1 heterocycles. The lowest BCUT2D eigenvalue weighted by atomic mass is 10.2. The van der Waals surface area contributed by atoms with Gasteiger partial charge < -0.3 is 4.90 Å². The Bertz CT molecular complexity index is 186. The molecule has 0 bridgehead atoms.